The average molecular weight is 330 g/mol. The third kappa shape index (κ3) is 4.22. The van der Waals surface area contributed by atoms with Crippen LogP contribution in [0.1, 0.15) is 46.8 Å². The first-order valence-corrected chi connectivity index (χ1v) is 7.91. The molecule has 1 amide bonds. The number of benzene rings is 1. The maximum atomic E-state index is 12.2. The molecule has 1 heterocycles. The van der Waals surface area contributed by atoms with Gasteiger partial charge < -0.3 is 14.6 Å². The first-order valence-electron chi connectivity index (χ1n) is 7.91. The van der Waals surface area contributed by atoms with Crippen molar-refractivity contribution in [2.24, 2.45) is 0 Å². The number of nitrogens with zero attached hydrogens (tertiary/aromatic N) is 1. The summed E-state index contributed by atoms with van der Waals surface area (Å²) in [6, 6.07) is 7.85. The van der Waals surface area contributed by atoms with Crippen LogP contribution in [0, 0.1) is 13.8 Å². The van der Waals surface area contributed by atoms with Gasteiger partial charge in [-0.05, 0) is 32.8 Å². The molecule has 24 heavy (non-hydrogen) atoms. The number of amides is 1. The molecule has 6 nitrogen and oxygen atoms in total. The molecule has 0 radical (unpaired) electrons. The van der Waals surface area contributed by atoms with Gasteiger partial charge in [0.15, 0.2) is 6.10 Å². The van der Waals surface area contributed by atoms with Crippen molar-refractivity contribution in [2.75, 3.05) is 0 Å². The summed E-state index contributed by atoms with van der Waals surface area (Å²) in [5.74, 6) is -0.552. The van der Waals surface area contributed by atoms with E-state index in [0.717, 1.165) is 11.1 Å². The van der Waals surface area contributed by atoms with Crippen molar-refractivity contribution in [3.63, 3.8) is 0 Å². The zero-order valence-corrected chi connectivity index (χ0v) is 14.4. The number of esters is 1. The molecule has 0 unspecified atom stereocenters. The fourth-order valence-corrected chi connectivity index (χ4v) is 2.23. The van der Waals surface area contributed by atoms with Crippen molar-refractivity contribution in [3.8, 4) is 0 Å². The van der Waals surface area contributed by atoms with E-state index >= 15 is 0 Å². The summed E-state index contributed by atoms with van der Waals surface area (Å²) in [4.78, 5) is 24.3. The number of aromatic nitrogens is 1. The molecule has 1 atom stereocenters. The number of carbonyl (C=O) groups excluding carboxylic acids is 2. The van der Waals surface area contributed by atoms with Crippen LogP contribution in [0.25, 0.3) is 0 Å². The van der Waals surface area contributed by atoms with Crippen LogP contribution in [0.15, 0.2) is 28.8 Å². The van der Waals surface area contributed by atoms with Crippen molar-refractivity contribution in [3.05, 3.63) is 52.4 Å². The fraction of sp³-hybridized carbons (Fsp3) is 0.389. The van der Waals surface area contributed by atoms with Crippen molar-refractivity contribution in [1.29, 1.82) is 0 Å². The second kappa shape index (κ2) is 7.77. The lowest BCUT2D eigenvalue weighted by Crippen LogP contribution is -2.35. The summed E-state index contributed by atoms with van der Waals surface area (Å²) in [6.07, 6.45) is -0.350. The Kier molecular flexibility index (Phi) is 5.73. The molecular weight excluding hydrogens is 308 g/mol. The van der Waals surface area contributed by atoms with Crippen molar-refractivity contribution >= 4 is 11.9 Å². The fourth-order valence-electron chi connectivity index (χ4n) is 2.23. The van der Waals surface area contributed by atoms with Gasteiger partial charge in [0.25, 0.3) is 5.91 Å². The summed E-state index contributed by atoms with van der Waals surface area (Å²) in [5, 5.41) is 6.57. The number of nitrogens with one attached hydrogen (secondary N) is 1. The maximum absolute atomic E-state index is 12.2. The number of ether oxygens (including phenoxy) is 1. The molecule has 0 spiro atoms. The van der Waals surface area contributed by atoms with Crippen molar-refractivity contribution < 1.29 is 18.8 Å². The normalized spacial score (nSPS) is 11.8. The van der Waals surface area contributed by atoms with Gasteiger partial charge in [0.1, 0.15) is 11.3 Å². The molecule has 0 aliphatic heterocycles. The lowest BCUT2D eigenvalue weighted by Gasteiger charge is -2.13. The quantitative estimate of drug-likeness (QED) is 0.824. The van der Waals surface area contributed by atoms with E-state index in [4.69, 9.17) is 9.26 Å². The Bertz CT molecular complexity index is 719. The van der Waals surface area contributed by atoms with Gasteiger partial charge in [0.2, 0.25) is 0 Å². The Hall–Kier alpha value is -2.63. The minimum atomic E-state index is -0.901. The van der Waals surface area contributed by atoms with Crippen molar-refractivity contribution in [1.82, 2.24) is 10.5 Å². The molecule has 0 aliphatic carbocycles. The monoisotopic (exact) mass is 330 g/mol. The van der Waals surface area contributed by atoms with Crippen LogP contribution >= 0.6 is 0 Å². The van der Waals surface area contributed by atoms with Crippen molar-refractivity contribution in [2.45, 2.75) is 46.8 Å². The predicted molar refractivity (Wildman–Crippen MR) is 88.5 cm³/mol. The standard InChI is InChI=1S/C18H22N2O4/c1-5-15-16(12(3)24-20-15)18(22)23-13(4)17(21)19-10-14-8-6-11(2)7-9-14/h6-9,13H,5,10H2,1-4H3,(H,19,21)/t13-/m1/s1. The highest BCUT2D eigenvalue weighted by Gasteiger charge is 2.24. The van der Waals surface area contributed by atoms with Gasteiger partial charge in [0.05, 0.1) is 5.69 Å². The highest BCUT2D eigenvalue weighted by atomic mass is 16.5. The Labute approximate surface area is 141 Å². The Morgan fingerprint density at radius 3 is 2.54 bits per heavy atom. The largest absolute Gasteiger partial charge is 0.449 e. The van der Waals surface area contributed by atoms with Gasteiger partial charge >= 0.3 is 5.97 Å². The average Bonchev–Trinajstić information content (AvgIpc) is 2.94. The van der Waals surface area contributed by atoms with E-state index in [0.29, 0.717) is 30.0 Å². The summed E-state index contributed by atoms with van der Waals surface area (Å²) in [7, 11) is 0. The Morgan fingerprint density at radius 1 is 1.25 bits per heavy atom. The van der Waals surface area contributed by atoms with Crippen LogP contribution in [0.3, 0.4) is 0 Å². The Morgan fingerprint density at radius 2 is 1.92 bits per heavy atom. The first-order chi connectivity index (χ1) is 11.4. The molecule has 2 rings (SSSR count). The molecule has 0 saturated carbocycles. The van der Waals surface area contributed by atoms with E-state index in [9.17, 15) is 9.59 Å². The zero-order valence-electron chi connectivity index (χ0n) is 14.4. The van der Waals surface area contributed by atoms with Crippen LogP contribution in [-0.4, -0.2) is 23.1 Å². The van der Waals surface area contributed by atoms with Gasteiger partial charge in [-0.1, -0.05) is 41.9 Å². The van der Waals surface area contributed by atoms with Crippen LogP contribution in [0.5, 0.6) is 0 Å². The molecule has 0 saturated heterocycles. The van der Waals surface area contributed by atoms with Gasteiger partial charge in [-0.25, -0.2) is 4.79 Å². The smallest absolute Gasteiger partial charge is 0.344 e. The third-order valence-corrected chi connectivity index (χ3v) is 3.71. The minimum Gasteiger partial charge on any atom is -0.449 e. The van der Waals surface area contributed by atoms with E-state index in [1.807, 2.05) is 38.1 Å². The predicted octanol–water partition coefficient (Wildman–Crippen LogP) is 2.72. The number of aryl methyl sites for hydroxylation is 3. The van der Waals surface area contributed by atoms with Crippen LogP contribution < -0.4 is 5.32 Å². The van der Waals surface area contributed by atoms with E-state index in [2.05, 4.69) is 10.5 Å². The lowest BCUT2D eigenvalue weighted by atomic mass is 10.1. The lowest BCUT2D eigenvalue weighted by molar-refractivity contribution is -0.129. The number of carbonyl (C=O) groups is 2. The molecule has 1 aromatic carbocycles. The highest BCUT2D eigenvalue weighted by Crippen LogP contribution is 2.16. The van der Waals surface area contributed by atoms with Crippen LogP contribution in [0.2, 0.25) is 0 Å². The van der Waals surface area contributed by atoms with E-state index in [-0.39, 0.29) is 5.91 Å². The summed E-state index contributed by atoms with van der Waals surface area (Å²) < 4.78 is 10.2. The van der Waals surface area contributed by atoms with Gasteiger partial charge in [-0.15, -0.1) is 0 Å². The number of rotatable bonds is 6. The molecule has 128 valence electrons. The number of hydrogen-bond acceptors (Lipinski definition) is 5. The van der Waals surface area contributed by atoms with Gasteiger partial charge in [0, 0.05) is 6.54 Å². The third-order valence-electron chi connectivity index (χ3n) is 3.71. The van der Waals surface area contributed by atoms with Gasteiger partial charge in [-0.3, -0.25) is 4.79 Å². The maximum Gasteiger partial charge on any atom is 0.344 e. The SMILES string of the molecule is CCc1noc(C)c1C(=O)O[C@H](C)C(=O)NCc1ccc(C)cc1. The summed E-state index contributed by atoms with van der Waals surface area (Å²) >= 11 is 0. The minimum absolute atomic E-state index is 0.302. The molecule has 0 bridgehead atoms. The van der Waals surface area contributed by atoms with Crippen LogP contribution in [0.4, 0.5) is 0 Å². The van der Waals surface area contributed by atoms with Gasteiger partial charge in [-0.2, -0.15) is 0 Å². The topological polar surface area (TPSA) is 81.4 Å². The number of hydrogen-bond donors (Lipinski definition) is 1. The molecule has 6 heteroatoms. The Balaban J connectivity index is 1.92. The summed E-state index contributed by atoms with van der Waals surface area (Å²) in [5.41, 5.74) is 2.97. The second-order valence-electron chi connectivity index (χ2n) is 5.66. The van der Waals surface area contributed by atoms with Crippen LogP contribution in [-0.2, 0) is 22.5 Å². The molecule has 1 N–H and O–H groups in total. The second-order valence-corrected chi connectivity index (χ2v) is 5.66. The van der Waals surface area contributed by atoms with E-state index in [1.165, 1.54) is 6.92 Å². The molecule has 0 aliphatic rings. The molecule has 1 aromatic heterocycles. The first kappa shape index (κ1) is 17.7. The molecular formula is C18H22N2O4. The molecule has 0 fully saturated rings. The highest BCUT2D eigenvalue weighted by molar-refractivity contribution is 5.93. The summed E-state index contributed by atoms with van der Waals surface area (Å²) in [6.45, 7) is 7.43. The molecule has 2 aromatic rings. The van der Waals surface area contributed by atoms with E-state index in [1.54, 1.807) is 6.92 Å². The zero-order chi connectivity index (χ0) is 17.7. The van der Waals surface area contributed by atoms with E-state index < -0.39 is 12.1 Å².